The maximum Gasteiger partial charge on any atom is 0.333 e. The van der Waals surface area contributed by atoms with Crippen molar-refractivity contribution in [2.75, 3.05) is 5.32 Å². The van der Waals surface area contributed by atoms with Gasteiger partial charge in [0.05, 0.1) is 11.0 Å². The molecule has 0 spiro atoms. The second-order valence-electron chi connectivity index (χ2n) is 5.17. The average molecular weight is 465 g/mol. The van der Waals surface area contributed by atoms with Crippen LogP contribution in [0, 0.1) is 0 Å². The van der Waals surface area contributed by atoms with Crippen molar-refractivity contribution >= 4 is 50.9 Å². The fourth-order valence-electron chi connectivity index (χ4n) is 2.13. The molecule has 0 atom stereocenters. The van der Waals surface area contributed by atoms with Gasteiger partial charge in [0.2, 0.25) is 0 Å². The van der Waals surface area contributed by atoms with Gasteiger partial charge in [-0.25, -0.2) is 4.68 Å². The van der Waals surface area contributed by atoms with Crippen molar-refractivity contribution in [3.05, 3.63) is 62.4 Å². The van der Waals surface area contributed by atoms with Gasteiger partial charge in [0.15, 0.2) is 11.5 Å². The molecule has 11 heteroatoms. The zero-order chi connectivity index (χ0) is 18.8. The van der Waals surface area contributed by atoms with Crippen LogP contribution in [0.4, 0.5) is 14.6 Å². The number of hydrogen-bond donors (Lipinski definition) is 1. The minimum absolute atomic E-state index is 0.146. The number of nitrogens with zero attached hydrogens (tertiary/aromatic N) is 4. The Kier molecular flexibility index (Phi) is 5.59. The number of aromatic nitrogens is 4. The fraction of sp³-hybridized carbons (Fsp3) is 0.133. The van der Waals surface area contributed by atoms with Crippen molar-refractivity contribution in [2.24, 2.45) is 0 Å². The summed E-state index contributed by atoms with van der Waals surface area (Å²) < 4.78 is 27.5. The molecule has 0 saturated heterocycles. The third-order valence-electron chi connectivity index (χ3n) is 3.34. The van der Waals surface area contributed by atoms with Crippen LogP contribution in [0.15, 0.2) is 41.1 Å². The Labute approximate surface area is 164 Å². The number of anilines is 1. The minimum atomic E-state index is -2.81. The van der Waals surface area contributed by atoms with E-state index in [0.717, 1.165) is 11.8 Å². The monoisotopic (exact) mass is 463 g/mol. The number of nitrogens with one attached hydrogen (secondary N) is 1. The van der Waals surface area contributed by atoms with E-state index in [1.807, 2.05) is 0 Å². The van der Waals surface area contributed by atoms with Gasteiger partial charge in [0.1, 0.15) is 0 Å². The predicted molar refractivity (Wildman–Crippen MR) is 96.9 cm³/mol. The molecule has 6 nitrogen and oxygen atoms in total. The summed E-state index contributed by atoms with van der Waals surface area (Å²) in [5.74, 6) is -0.424. The fourth-order valence-corrected chi connectivity index (χ4v) is 3.01. The number of amides is 1. The summed E-state index contributed by atoms with van der Waals surface area (Å²) in [5, 5.41) is 11.3. The summed E-state index contributed by atoms with van der Waals surface area (Å²) >= 11 is 15.3. The van der Waals surface area contributed by atoms with Crippen molar-refractivity contribution in [3.63, 3.8) is 0 Å². The van der Waals surface area contributed by atoms with Gasteiger partial charge in [-0.05, 0) is 39.7 Å². The summed E-state index contributed by atoms with van der Waals surface area (Å²) in [6, 6.07) is 6.30. The molecule has 1 N–H and O–H groups in total. The van der Waals surface area contributed by atoms with Crippen molar-refractivity contribution in [3.8, 4) is 0 Å². The molecule has 1 amide bonds. The Morgan fingerprint density at radius 2 is 2.04 bits per heavy atom. The Bertz CT molecular complexity index is 959. The van der Waals surface area contributed by atoms with Gasteiger partial charge in [-0.15, -0.1) is 0 Å². The van der Waals surface area contributed by atoms with Crippen molar-refractivity contribution < 1.29 is 13.6 Å². The van der Waals surface area contributed by atoms with Crippen LogP contribution in [-0.2, 0) is 6.54 Å². The zero-order valence-corrected chi connectivity index (χ0v) is 15.9. The van der Waals surface area contributed by atoms with E-state index in [1.165, 1.54) is 6.07 Å². The molecule has 2 aromatic heterocycles. The van der Waals surface area contributed by atoms with Crippen LogP contribution in [0.1, 0.15) is 22.6 Å². The van der Waals surface area contributed by atoms with Gasteiger partial charge in [-0.1, -0.05) is 29.3 Å². The summed E-state index contributed by atoms with van der Waals surface area (Å²) in [7, 11) is 0. The Morgan fingerprint density at radius 3 is 2.69 bits per heavy atom. The molecule has 26 heavy (non-hydrogen) atoms. The highest BCUT2D eigenvalue weighted by Crippen LogP contribution is 2.25. The molecular formula is C15H10BrCl2F2N5O. The van der Waals surface area contributed by atoms with E-state index in [-0.39, 0.29) is 11.5 Å². The molecule has 3 rings (SSSR count). The first-order valence-electron chi connectivity index (χ1n) is 7.15. The molecule has 0 aliphatic heterocycles. The number of carbonyl (C=O) groups is 1. The number of rotatable bonds is 5. The molecular weight excluding hydrogens is 455 g/mol. The number of benzene rings is 1. The van der Waals surface area contributed by atoms with E-state index < -0.39 is 12.5 Å². The first-order chi connectivity index (χ1) is 12.3. The second kappa shape index (κ2) is 7.73. The number of hydrogen-bond acceptors (Lipinski definition) is 3. The first kappa shape index (κ1) is 18.8. The van der Waals surface area contributed by atoms with Crippen molar-refractivity contribution in [1.82, 2.24) is 19.6 Å². The standard InChI is InChI=1S/C15H10BrCl2F2N5O/c16-10-7-24(6-8-1-2-9(17)5-11(8)18)23-13(10)21-14(26)12-3-4-25(22-12)15(19)20/h1-5,7,15H,6H2,(H,21,23,26). The highest BCUT2D eigenvalue weighted by Gasteiger charge is 2.16. The van der Waals surface area contributed by atoms with E-state index in [0.29, 0.717) is 25.7 Å². The molecule has 0 aliphatic carbocycles. The Morgan fingerprint density at radius 1 is 1.27 bits per heavy atom. The van der Waals surface area contributed by atoms with Crippen LogP contribution >= 0.6 is 39.1 Å². The average Bonchev–Trinajstić information content (AvgIpc) is 3.18. The summed E-state index contributed by atoms with van der Waals surface area (Å²) in [6.07, 6.45) is 2.67. The second-order valence-corrected chi connectivity index (χ2v) is 6.87. The van der Waals surface area contributed by atoms with Crippen molar-refractivity contribution in [2.45, 2.75) is 13.1 Å². The lowest BCUT2D eigenvalue weighted by molar-refractivity contribution is 0.0561. The highest BCUT2D eigenvalue weighted by molar-refractivity contribution is 9.10. The minimum Gasteiger partial charge on any atom is -0.303 e. The lowest BCUT2D eigenvalue weighted by atomic mass is 10.2. The van der Waals surface area contributed by atoms with Crippen molar-refractivity contribution in [1.29, 1.82) is 0 Å². The maximum atomic E-state index is 12.5. The molecule has 0 bridgehead atoms. The van der Waals surface area contributed by atoms with E-state index in [1.54, 1.807) is 29.1 Å². The molecule has 3 aromatic rings. The van der Waals surface area contributed by atoms with E-state index in [2.05, 4.69) is 31.4 Å². The molecule has 1 aromatic carbocycles. The van der Waals surface area contributed by atoms with Gasteiger partial charge < -0.3 is 5.32 Å². The molecule has 2 heterocycles. The third kappa shape index (κ3) is 4.22. The molecule has 0 aliphatic rings. The molecule has 136 valence electrons. The van der Waals surface area contributed by atoms with Crippen LogP contribution in [0.25, 0.3) is 0 Å². The summed E-state index contributed by atoms with van der Waals surface area (Å²) in [4.78, 5) is 12.1. The van der Waals surface area contributed by atoms with Crippen LogP contribution in [0.2, 0.25) is 10.0 Å². The van der Waals surface area contributed by atoms with Gasteiger partial charge in [-0.3, -0.25) is 9.48 Å². The van der Waals surface area contributed by atoms with E-state index >= 15 is 0 Å². The first-order valence-corrected chi connectivity index (χ1v) is 8.70. The molecule has 0 radical (unpaired) electrons. The SMILES string of the molecule is O=C(Nc1nn(Cc2ccc(Cl)cc2Cl)cc1Br)c1ccn(C(F)F)n1. The van der Waals surface area contributed by atoms with Gasteiger partial charge in [0, 0.05) is 22.4 Å². The molecule has 0 fully saturated rings. The summed E-state index contributed by atoms with van der Waals surface area (Å²) in [6.45, 7) is -2.46. The van der Waals surface area contributed by atoms with Gasteiger partial charge >= 0.3 is 6.55 Å². The summed E-state index contributed by atoms with van der Waals surface area (Å²) in [5.41, 5.74) is 0.645. The largest absolute Gasteiger partial charge is 0.333 e. The Balaban J connectivity index is 1.74. The lowest BCUT2D eigenvalue weighted by Crippen LogP contribution is -2.14. The normalized spacial score (nSPS) is 11.2. The Hall–Kier alpha value is -1.97. The quantitative estimate of drug-likeness (QED) is 0.587. The topological polar surface area (TPSA) is 64.7 Å². The highest BCUT2D eigenvalue weighted by atomic mass is 79.9. The molecule has 0 saturated carbocycles. The lowest BCUT2D eigenvalue weighted by Gasteiger charge is -2.05. The van der Waals surface area contributed by atoms with Crippen LogP contribution in [0.3, 0.4) is 0 Å². The smallest absolute Gasteiger partial charge is 0.303 e. The van der Waals surface area contributed by atoms with Crippen LogP contribution < -0.4 is 5.32 Å². The number of carbonyl (C=O) groups excluding carboxylic acids is 1. The number of halogens is 5. The van der Waals surface area contributed by atoms with E-state index in [4.69, 9.17) is 23.2 Å². The van der Waals surface area contributed by atoms with Gasteiger partial charge in [-0.2, -0.15) is 19.0 Å². The predicted octanol–water partition coefficient (Wildman–Crippen LogP) is 4.84. The van der Waals surface area contributed by atoms with Gasteiger partial charge in [0.25, 0.3) is 5.91 Å². The zero-order valence-electron chi connectivity index (χ0n) is 12.8. The maximum absolute atomic E-state index is 12.5. The van der Waals surface area contributed by atoms with Crippen LogP contribution in [0.5, 0.6) is 0 Å². The van der Waals surface area contributed by atoms with E-state index in [9.17, 15) is 13.6 Å². The molecule has 0 unspecified atom stereocenters. The van der Waals surface area contributed by atoms with Crippen LogP contribution in [-0.4, -0.2) is 25.5 Å². The number of alkyl halides is 2. The third-order valence-corrected chi connectivity index (χ3v) is 4.50.